The van der Waals surface area contributed by atoms with Gasteiger partial charge in [0, 0.05) is 38.4 Å². The normalized spacial score (nSPS) is 20.0. The van der Waals surface area contributed by atoms with Crippen LogP contribution in [0, 0.1) is 0 Å². The fourth-order valence-corrected chi connectivity index (χ4v) is 2.66. The third-order valence-corrected chi connectivity index (χ3v) is 4.00. The molecule has 2 fully saturated rings. The molecule has 2 saturated heterocycles. The van der Waals surface area contributed by atoms with Gasteiger partial charge in [0.05, 0.1) is 0 Å². The second-order valence-corrected chi connectivity index (χ2v) is 5.60. The van der Waals surface area contributed by atoms with E-state index in [0.717, 1.165) is 31.7 Å². The first-order valence-corrected chi connectivity index (χ1v) is 7.18. The fraction of sp³-hybridized carbons (Fsp3) is 0.467. The van der Waals surface area contributed by atoms with Crippen LogP contribution in [0.4, 0.5) is 10.5 Å². The van der Waals surface area contributed by atoms with E-state index in [1.807, 2.05) is 12.1 Å². The molecule has 0 aliphatic carbocycles. The van der Waals surface area contributed by atoms with Crippen LogP contribution in [-0.2, 0) is 11.3 Å². The molecule has 1 radical (unpaired) electrons. The number of nitrogens with zero attached hydrogens (tertiary/aromatic N) is 4. The van der Waals surface area contributed by atoms with E-state index in [1.165, 1.54) is 10.6 Å². The minimum Gasteiger partial charge on any atom is -0.369 e. The molecular formula is C15H19N4O2. The van der Waals surface area contributed by atoms with Gasteiger partial charge >= 0.3 is 6.03 Å². The van der Waals surface area contributed by atoms with E-state index in [0.29, 0.717) is 6.54 Å². The van der Waals surface area contributed by atoms with Crippen molar-refractivity contribution in [3.8, 4) is 0 Å². The van der Waals surface area contributed by atoms with Crippen LogP contribution in [0.3, 0.4) is 0 Å². The summed E-state index contributed by atoms with van der Waals surface area (Å²) < 4.78 is 0. The topological polar surface area (TPSA) is 58.0 Å². The highest BCUT2D eigenvalue weighted by Crippen LogP contribution is 2.18. The number of anilines is 1. The lowest BCUT2D eigenvalue weighted by atomic mass is 10.1. The summed E-state index contributed by atoms with van der Waals surface area (Å²) in [6.45, 7) is 4.76. The molecule has 6 nitrogen and oxygen atoms in total. The molecule has 2 heterocycles. The molecule has 2 aliphatic heterocycles. The van der Waals surface area contributed by atoms with Crippen molar-refractivity contribution in [2.75, 3.05) is 44.7 Å². The molecule has 0 saturated carbocycles. The molecule has 21 heavy (non-hydrogen) atoms. The zero-order valence-corrected chi connectivity index (χ0v) is 12.2. The summed E-state index contributed by atoms with van der Waals surface area (Å²) in [4.78, 5) is 28.7. The Bertz CT molecular complexity index is 535. The molecule has 0 N–H and O–H groups in total. The molecule has 6 heteroatoms. The SMILES string of the molecule is CN1CCN(c2ccc(CN3CC(=O)[N]C3=O)cc2)CC1. The quantitative estimate of drug-likeness (QED) is 0.760. The Hall–Kier alpha value is -2.08. The van der Waals surface area contributed by atoms with Crippen molar-refractivity contribution in [1.29, 1.82) is 0 Å². The predicted octanol–water partition coefficient (Wildman–Crippen LogP) is 0.505. The molecule has 1 aromatic rings. The first-order valence-electron chi connectivity index (χ1n) is 7.18. The fourth-order valence-electron chi connectivity index (χ4n) is 2.66. The van der Waals surface area contributed by atoms with E-state index in [9.17, 15) is 9.59 Å². The number of amides is 3. The van der Waals surface area contributed by atoms with Crippen LogP contribution in [0.15, 0.2) is 24.3 Å². The number of hydrogen-bond donors (Lipinski definition) is 0. The Kier molecular flexibility index (Phi) is 3.79. The average molecular weight is 287 g/mol. The molecule has 0 bridgehead atoms. The van der Waals surface area contributed by atoms with Crippen LogP contribution < -0.4 is 10.2 Å². The van der Waals surface area contributed by atoms with E-state index >= 15 is 0 Å². The van der Waals surface area contributed by atoms with Crippen molar-refractivity contribution in [3.63, 3.8) is 0 Å². The minimum absolute atomic E-state index is 0.0963. The third kappa shape index (κ3) is 3.16. The minimum atomic E-state index is -0.428. The molecule has 0 spiro atoms. The Balaban J connectivity index is 1.62. The summed E-state index contributed by atoms with van der Waals surface area (Å²) in [6, 6.07) is 7.77. The van der Waals surface area contributed by atoms with Crippen LogP contribution >= 0.6 is 0 Å². The molecule has 0 atom stereocenters. The number of piperazine rings is 1. The average Bonchev–Trinajstić information content (AvgIpc) is 2.79. The Labute approximate surface area is 124 Å². The predicted molar refractivity (Wildman–Crippen MR) is 79.1 cm³/mol. The highest BCUT2D eigenvalue weighted by molar-refractivity contribution is 6.01. The maximum absolute atomic E-state index is 11.5. The van der Waals surface area contributed by atoms with E-state index < -0.39 is 6.03 Å². The molecular weight excluding hydrogens is 268 g/mol. The summed E-state index contributed by atoms with van der Waals surface area (Å²) in [5.74, 6) is -0.353. The number of hydrogen-bond acceptors (Lipinski definition) is 4. The maximum atomic E-state index is 11.5. The number of carbonyl (C=O) groups excluding carboxylic acids is 2. The van der Waals surface area contributed by atoms with E-state index in [4.69, 9.17) is 0 Å². The summed E-state index contributed by atoms with van der Waals surface area (Å²) in [7, 11) is 2.14. The zero-order valence-electron chi connectivity index (χ0n) is 12.2. The summed E-state index contributed by atoms with van der Waals surface area (Å²) in [5, 5.41) is 3.40. The maximum Gasteiger partial charge on any atom is 0.347 e. The second-order valence-electron chi connectivity index (χ2n) is 5.60. The number of imide groups is 1. The molecule has 0 aromatic heterocycles. The number of rotatable bonds is 3. The Morgan fingerprint density at radius 1 is 1.05 bits per heavy atom. The standard InChI is InChI=1S/C15H19N4O2/c1-17-6-8-18(9-7-17)13-4-2-12(3-5-13)10-19-11-14(20)16-15(19)21/h2-5H,6-11H2,1H3. The Morgan fingerprint density at radius 2 is 1.71 bits per heavy atom. The summed E-state index contributed by atoms with van der Waals surface area (Å²) in [6.07, 6.45) is 0. The first kappa shape index (κ1) is 13.9. The van der Waals surface area contributed by atoms with Crippen molar-refractivity contribution in [3.05, 3.63) is 29.8 Å². The van der Waals surface area contributed by atoms with Crippen molar-refractivity contribution in [2.24, 2.45) is 0 Å². The van der Waals surface area contributed by atoms with Gasteiger partial charge in [-0.2, -0.15) is 5.32 Å². The molecule has 0 unspecified atom stereocenters. The van der Waals surface area contributed by atoms with Gasteiger partial charge in [0.25, 0.3) is 5.91 Å². The summed E-state index contributed by atoms with van der Waals surface area (Å²) >= 11 is 0. The van der Waals surface area contributed by atoms with Crippen LogP contribution in [0.1, 0.15) is 5.56 Å². The van der Waals surface area contributed by atoms with Gasteiger partial charge in [-0.3, -0.25) is 4.79 Å². The van der Waals surface area contributed by atoms with E-state index in [-0.39, 0.29) is 12.5 Å². The monoisotopic (exact) mass is 287 g/mol. The third-order valence-electron chi connectivity index (χ3n) is 4.00. The van der Waals surface area contributed by atoms with Gasteiger partial charge in [-0.05, 0) is 24.7 Å². The number of likely N-dealkylation sites (N-methyl/N-ethyl adjacent to an activating group) is 1. The van der Waals surface area contributed by atoms with Gasteiger partial charge < -0.3 is 14.7 Å². The number of carbonyl (C=O) groups is 2. The molecule has 111 valence electrons. The lowest BCUT2D eigenvalue weighted by Gasteiger charge is -2.34. The van der Waals surface area contributed by atoms with Gasteiger partial charge in [0.15, 0.2) is 0 Å². The van der Waals surface area contributed by atoms with Gasteiger partial charge in [-0.1, -0.05) is 12.1 Å². The van der Waals surface area contributed by atoms with Crippen LogP contribution in [-0.4, -0.2) is 61.5 Å². The highest BCUT2D eigenvalue weighted by Gasteiger charge is 2.28. The second kappa shape index (κ2) is 5.73. The van der Waals surface area contributed by atoms with Crippen molar-refractivity contribution < 1.29 is 9.59 Å². The first-order chi connectivity index (χ1) is 10.1. The van der Waals surface area contributed by atoms with Crippen LogP contribution in [0.2, 0.25) is 0 Å². The van der Waals surface area contributed by atoms with E-state index in [1.54, 1.807) is 0 Å². The number of benzene rings is 1. The highest BCUT2D eigenvalue weighted by atomic mass is 16.2. The lowest BCUT2D eigenvalue weighted by molar-refractivity contribution is -0.118. The smallest absolute Gasteiger partial charge is 0.347 e. The lowest BCUT2D eigenvalue weighted by Crippen LogP contribution is -2.44. The van der Waals surface area contributed by atoms with E-state index in [2.05, 4.69) is 34.3 Å². The number of urea groups is 1. The Morgan fingerprint density at radius 3 is 2.29 bits per heavy atom. The largest absolute Gasteiger partial charge is 0.369 e. The zero-order chi connectivity index (χ0) is 14.8. The molecule has 1 aromatic carbocycles. The van der Waals surface area contributed by atoms with Crippen molar-refractivity contribution in [1.82, 2.24) is 15.1 Å². The van der Waals surface area contributed by atoms with Gasteiger partial charge in [-0.15, -0.1) is 0 Å². The van der Waals surface area contributed by atoms with Gasteiger partial charge in [0.2, 0.25) is 0 Å². The molecule has 3 rings (SSSR count). The van der Waals surface area contributed by atoms with Crippen molar-refractivity contribution in [2.45, 2.75) is 6.54 Å². The van der Waals surface area contributed by atoms with Gasteiger partial charge in [-0.25, -0.2) is 4.79 Å². The molecule has 3 amide bonds. The summed E-state index contributed by atoms with van der Waals surface area (Å²) in [5.41, 5.74) is 2.23. The molecule has 2 aliphatic rings. The van der Waals surface area contributed by atoms with Crippen LogP contribution in [0.5, 0.6) is 0 Å². The van der Waals surface area contributed by atoms with Crippen molar-refractivity contribution >= 4 is 17.6 Å². The van der Waals surface area contributed by atoms with Gasteiger partial charge in [0.1, 0.15) is 6.54 Å². The van der Waals surface area contributed by atoms with Crippen LogP contribution in [0.25, 0.3) is 0 Å².